The quantitative estimate of drug-likeness (QED) is 0.395. The van der Waals surface area contributed by atoms with Crippen LogP contribution in [0.3, 0.4) is 0 Å². The molecule has 6 heteroatoms. The van der Waals surface area contributed by atoms with Gasteiger partial charge in [-0.2, -0.15) is 0 Å². The lowest BCUT2D eigenvalue weighted by Gasteiger charge is -2.57. The molecule has 1 aliphatic carbocycles. The Morgan fingerprint density at radius 2 is 1.79 bits per heavy atom. The van der Waals surface area contributed by atoms with Crippen LogP contribution in [0.2, 0.25) is 0 Å². The molecule has 0 spiro atoms. The summed E-state index contributed by atoms with van der Waals surface area (Å²) < 4.78 is 10.9. The predicted molar refractivity (Wildman–Crippen MR) is 110 cm³/mol. The second-order valence-electron chi connectivity index (χ2n) is 6.27. The number of ether oxygens (including phenoxy) is 2. The summed E-state index contributed by atoms with van der Waals surface area (Å²) in [6, 6.07) is 7.83. The Morgan fingerprint density at radius 1 is 1.21 bits per heavy atom. The third-order valence-electron chi connectivity index (χ3n) is 5.34. The van der Waals surface area contributed by atoms with Crippen LogP contribution in [0.15, 0.2) is 29.3 Å². The van der Waals surface area contributed by atoms with Gasteiger partial charge in [0, 0.05) is 24.1 Å². The monoisotopic (exact) mass is 447 g/mol. The fraction of sp³-hybridized carbons (Fsp3) is 0.611. The largest absolute Gasteiger partial charge is 0.497 e. The Hall–Kier alpha value is -1.02. The Bertz CT molecular complexity index is 544. The van der Waals surface area contributed by atoms with E-state index >= 15 is 0 Å². The molecule has 3 atom stereocenters. The SMILES string of the molecule is CCC1(CC)C(N=C(N)Nc2ccc(OC)cc2)C(C)C1OC.I. The number of nitrogens with two attached hydrogens (primary N) is 1. The molecule has 0 aliphatic heterocycles. The summed E-state index contributed by atoms with van der Waals surface area (Å²) in [5, 5.41) is 3.16. The summed E-state index contributed by atoms with van der Waals surface area (Å²) >= 11 is 0. The fourth-order valence-corrected chi connectivity index (χ4v) is 4.03. The molecule has 2 rings (SSSR count). The topological polar surface area (TPSA) is 68.9 Å². The average molecular weight is 447 g/mol. The van der Waals surface area contributed by atoms with E-state index < -0.39 is 0 Å². The summed E-state index contributed by atoms with van der Waals surface area (Å²) in [6.45, 7) is 6.60. The predicted octanol–water partition coefficient (Wildman–Crippen LogP) is 3.88. The van der Waals surface area contributed by atoms with Gasteiger partial charge < -0.3 is 20.5 Å². The molecule has 0 aromatic heterocycles. The van der Waals surface area contributed by atoms with Crippen LogP contribution in [-0.4, -0.2) is 32.3 Å². The summed E-state index contributed by atoms with van der Waals surface area (Å²) in [6.07, 6.45) is 2.33. The zero-order valence-electron chi connectivity index (χ0n) is 15.2. The summed E-state index contributed by atoms with van der Waals surface area (Å²) in [4.78, 5) is 4.77. The van der Waals surface area contributed by atoms with Gasteiger partial charge in [0.2, 0.25) is 0 Å². The van der Waals surface area contributed by atoms with Gasteiger partial charge in [-0.05, 0) is 37.1 Å². The number of guanidine groups is 1. The van der Waals surface area contributed by atoms with E-state index in [1.807, 2.05) is 24.3 Å². The molecule has 1 fully saturated rings. The van der Waals surface area contributed by atoms with E-state index in [-0.39, 0.29) is 41.5 Å². The number of rotatable bonds is 6. The van der Waals surface area contributed by atoms with Crippen LogP contribution < -0.4 is 15.8 Å². The van der Waals surface area contributed by atoms with Gasteiger partial charge >= 0.3 is 0 Å². The molecule has 0 heterocycles. The van der Waals surface area contributed by atoms with Crippen LogP contribution in [0.1, 0.15) is 33.6 Å². The lowest BCUT2D eigenvalue weighted by molar-refractivity contribution is -0.156. The van der Waals surface area contributed by atoms with Crippen LogP contribution in [0.4, 0.5) is 5.69 Å². The molecule has 1 aliphatic rings. The first-order valence-corrected chi connectivity index (χ1v) is 8.29. The van der Waals surface area contributed by atoms with Crippen LogP contribution in [0, 0.1) is 11.3 Å². The normalized spacial score (nSPS) is 25.4. The standard InChI is InChI=1S/C18H29N3O2.HI/c1-6-18(7-2)15(12(3)16(18)23-5)21-17(19)20-13-8-10-14(22-4)11-9-13;/h8-12,15-16H,6-7H2,1-5H3,(H3,19,20,21);1H. The molecule has 0 bridgehead atoms. The highest BCUT2D eigenvalue weighted by Crippen LogP contribution is 2.54. The van der Waals surface area contributed by atoms with Crippen molar-refractivity contribution in [1.82, 2.24) is 0 Å². The Labute approximate surface area is 162 Å². The van der Waals surface area contributed by atoms with E-state index in [9.17, 15) is 0 Å². The van der Waals surface area contributed by atoms with Crippen LogP contribution in [0.5, 0.6) is 5.75 Å². The van der Waals surface area contributed by atoms with Crippen molar-refractivity contribution in [3.05, 3.63) is 24.3 Å². The van der Waals surface area contributed by atoms with E-state index in [4.69, 9.17) is 20.2 Å². The number of anilines is 1. The number of benzene rings is 1. The maximum absolute atomic E-state index is 6.13. The molecule has 1 aromatic carbocycles. The number of methoxy groups -OCH3 is 2. The third kappa shape index (κ3) is 3.79. The number of hydrogen-bond acceptors (Lipinski definition) is 3. The van der Waals surface area contributed by atoms with Crippen molar-refractivity contribution in [3.63, 3.8) is 0 Å². The lowest BCUT2D eigenvalue weighted by Crippen LogP contribution is -2.63. The lowest BCUT2D eigenvalue weighted by atomic mass is 9.53. The highest BCUT2D eigenvalue weighted by atomic mass is 127. The third-order valence-corrected chi connectivity index (χ3v) is 5.34. The van der Waals surface area contributed by atoms with Crippen LogP contribution in [0.25, 0.3) is 0 Å². The smallest absolute Gasteiger partial charge is 0.193 e. The molecule has 3 N–H and O–H groups in total. The van der Waals surface area contributed by atoms with E-state index in [1.165, 1.54) is 0 Å². The maximum Gasteiger partial charge on any atom is 0.193 e. The van der Waals surface area contributed by atoms with Crippen molar-refractivity contribution in [2.75, 3.05) is 19.5 Å². The highest BCUT2D eigenvalue weighted by molar-refractivity contribution is 14.0. The average Bonchev–Trinajstić information content (AvgIpc) is 2.57. The molecule has 1 saturated carbocycles. The van der Waals surface area contributed by atoms with Crippen molar-refractivity contribution >= 4 is 35.6 Å². The summed E-state index contributed by atoms with van der Waals surface area (Å²) in [5.41, 5.74) is 7.12. The molecule has 5 nitrogen and oxygen atoms in total. The number of nitrogens with zero attached hydrogens (tertiary/aromatic N) is 1. The Kier molecular flexibility index (Phi) is 7.79. The van der Waals surface area contributed by atoms with E-state index in [0.717, 1.165) is 24.3 Å². The molecule has 3 unspecified atom stereocenters. The van der Waals surface area contributed by atoms with E-state index in [2.05, 4.69) is 26.1 Å². The van der Waals surface area contributed by atoms with Crippen molar-refractivity contribution in [2.24, 2.45) is 22.1 Å². The fourth-order valence-electron chi connectivity index (χ4n) is 4.03. The number of aliphatic imine (C=N–C) groups is 1. The molecular formula is C18H30IN3O2. The molecular weight excluding hydrogens is 417 g/mol. The second kappa shape index (κ2) is 8.89. The minimum absolute atomic E-state index is 0. The van der Waals surface area contributed by atoms with Gasteiger partial charge in [-0.1, -0.05) is 20.8 Å². The molecule has 24 heavy (non-hydrogen) atoms. The Morgan fingerprint density at radius 3 is 2.25 bits per heavy atom. The van der Waals surface area contributed by atoms with Crippen LogP contribution in [-0.2, 0) is 4.74 Å². The number of hydrogen-bond donors (Lipinski definition) is 2. The van der Waals surface area contributed by atoms with Crippen molar-refractivity contribution in [3.8, 4) is 5.75 Å². The first-order valence-electron chi connectivity index (χ1n) is 8.29. The minimum atomic E-state index is 0. The van der Waals surface area contributed by atoms with Gasteiger partial charge in [-0.15, -0.1) is 24.0 Å². The zero-order valence-corrected chi connectivity index (χ0v) is 17.5. The maximum atomic E-state index is 6.13. The Balaban J connectivity index is 0.00000288. The van der Waals surface area contributed by atoms with Crippen molar-refractivity contribution in [2.45, 2.75) is 45.8 Å². The van der Waals surface area contributed by atoms with Gasteiger partial charge in [0.15, 0.2) is 5.96 Å². The van der Waals surface area contributed by atoms with Gasteiger partial charge in [-0.25, -0.2) is 4.99 Å². The van der Waals surface area contributed by atoms with E-state index in [1.54, 1.807) is 14.2 Å². The van der Waals surface area contributed by atoms with Gasteiger partial charge in [0.05, 0.1) is 19.3 Å². The molecule has 0 saturated heterocycles. The number of halogens is 1. The van der Waals surface area contributed by atoms with Crippen molar-refractivity contribution in [1.29, 1.82) is 0 Å². The zero-order chi connectivity index (χ0) is 17.0. The molecule has 1 aromatic rings. The molecule has 0 radical (unpaired) electrons. The van der Waals surface area contributed by atoms with Gasteiger partial charge in [0.25, 0.3) is 0 Å². The highest BCUT2D eigenvalue weighted by Gasteiger charge is 2.58. The second-order valence-corrected chi connectivity index (χ2v) is 6.27. The van der Waals surface area contributed by atoms with Crippen molar-refractivity contribution < 1.29 is 9.47 Å². The first kappa shape index (κ1) is 21.0. The first-order chi connectivity index (χ1) is 11.0. The van der Waals surface area contributed by atoms with Gasteiger partial charge in [-0.3, -0.25) is 0 Å². The minimum Gasteiger partial charge on any atom is -0.497 e. The van der Waals surface area contributed by atoms with Crippen LogP contribution >= 0.6 is 24.0 Å². The summed E-state index contributed by atoms with van der Waals surface area (Å²) in [5.74, 6) is 1.64. The molecule has 0 amide bonds. The van der Waals surface area contributed by atoms with Gasteiger partial charge in [0.1, 0.15) is 5.75 Å². The molecule has 136 valence electrons. The van der Waals surface area contributed by atoms with E-state index in [0.29, 0.717) is 11.9 Å². The number of nitrogens with one attached hydrogen (secondary N) is 1. The summed E-state index contributed by atoms with van der Waals surface area (Å²) in [7, 11) is 3.44.